The average Bonchev–Trinajstić information content (AvgIpc) is 3.30. The Kier molecular flexibility index (Phi) is 5.52. The van der Waals surface area contributed by atoms with Crippen LogP contribution in [-0.4, -0.2) is 38.8 Å². The van der Waals surface area contributed by atoms with Gasteiger partial charge in [0.15, 0.2) is 11.6 Å². The summed E-state index contributed by atoms with van der Waals surface area (Å²) in [5.74, 6) is 2.67. The van der Waals surface area contributed by atoms with Crippen molar-refractivity contribution >= 4 is 46.7 Å². The Labute approximate surface area is 188 Å². The van der Waals surface area contributed by atoms with Crippen LogP contribution in [0.5, 0.6) is 5.75 Å². The minimum atomic E-state index is -0.318. The summed E-state index contributed by atoms with van der Waals surface area (Å²) in [7, 11) is 5.96. The molecule has 9 heteroatoms. The number of nitrogens with zero attached hydrogens (tertiary/aromatic N) is 1. The van der Waals surface area contributed by atoms with Gasteiger partial charge in [-0.25, -0.2) is 4.98 Å². The lowest BCUT2D eigenvalue weighted by Gasteiger charge is -2.22. The van der Waals surface area contributed by atoms with Gasteiger partial charge in [0.25, 0.3) is 0 Å². The largest absolute Gasteiger partial charge is 0.512 e. The minimum Gasteiger partial charge on any atom is -0.512 e. The zero-order valence-electron chi connectivity index (χ0n) is 17.2. The number of aryl methyl sites for hydroxylation is 1. The smallest absolute Gasteiger partial charge is 0.174 e. The second-order valence-electron chi connectivity index (χ2n) is 8.09. The molecule has 4 rings (SSSR count). The number of ether oxygens (including phenoxy) is 1. The van der Waals surface area contributed by atoms with Crippen molar-refractivity contribution < 1.29 is 9.15 Å². The van der Waals surface area contributed by atoms with Crippen molar-refractivity contribution in [3.8, 4) is 39.9 Å². The molecule has 0 fully saturated rings. The van der Waals surface area contributed by atoms with Crippen molar-refractivity contribution in [3.63, 3.8) is 0 Å². The summed E-state index contributed by atoms with van der Waals surface area (Å²) in [6, 6.07) is 17.1. The van der Waals surface area contributed by atoms with Crippen molar-refractivity contribution in [2.45, 2.75) is 12.2 Å². The molecule has 0 aliphatic carbocycles. The zero-order valence-corrected chi connectivity index (χ0v) is 18.7. The maximum Gasteiger partial charge on any atom is 0.174 e. The summed E-state index contributed by atoms with van der Waals surface area (Å²) in [5.41, 5.74) is 3.68. The summed E-state index contributed by atoms with van der Waals surface area (Å²) in [6.07, 6.45) is 0. The summed E-state index contributed by atoms with van der Waals surface area (Å²) in [6.45, 7) is 1.98. The van der Waals surface area contributed by atoms with Crippen LogP contribution < -0.4 is 4.74 Å². The number of hydrogen-bond acceptors (Lipinski definition) is 3. The number of aromatic nitrogens is 2. The average molecular weight is 435 g/mol. The van der Waals surface area contributed by atoms with Gasteiger partial charge in [0.2, 0.25) is 0 Å². The van der Waals surface area contributed by atoms with Gasteiger partial charge in [-0.3, -0.25) is 0 Å². The Morgan fingerprint density at radius 1 is 0.933 bits per heavy atom. The molecule has 0 aliphatic heterocycles. The van der Waals surface area contributed by atoms with E-state index >= 15 is 0 Å². The molecule has 0 saturated carbocycles. The first kappa shape index (κ1) is 20.8. The summed E-state index contributed by atoms with van der Waals surface area (Å²) in [5, 5.41) is 0.918. The molecular weight excluding hydrogens is 416 g/mol. The van der Waals surface area contributed by atoms with E-state index in [0.29, 0.717) is 33.1 Å². The van der Waals surface area contributed by atoms with Gasteiger partial charge in [0.1, 0.15) is 35.0 Å². The van der Waals surface area contributed by atoms with E-state index in [0.717, 1.165) is 22.5 Å². The predicted octanol–water partition coefficient (Wildman–Crippen LogP) is 3.51. The molecule has 4 aromatic rings. The van der Waals surface area contributed by atoms with Gasteiger partial charge in [0.05, 0.1) is 10.7 Å². The quantitative estimate of drug-likeness (QED) is 0.489. The Morgan fingerprint density at radius 2 is 1.60 bits per heavy atom. The van der Waals surface area contributed by atoms with Gasteiger partial charge < -0.3 is 14.1 Å². The number of imidazole rings is 1. The van der Waals surface area contributed by atoms with Gasteiger partial charge in [-0.1, -0.05) is 35.3 Å². The standard InChI is InChI=1S/C21H19B3Cl2N2O2/c1-11-19(12-2-5-14(25)6-3-12)28-20(27-11)18-9-8-16(29-18)13-4-7-17(15(26)10-13)30-21(22,23)24/h2-10H,22-24H2,1H3,(H,27,28). The molecule has 0 amide bonds. The van der Waals surface area contributed by atoms with E-state index in [9.17, 15) is 0 Å². The van der Waals surface area contributed by atoms with Crippen LogP contribution in [-0.2, 0) is 0 Å². The lowest BCUT2D eigenvalue weighted by Crippen LogP contribution is -2.37. The first-order valence-electron chi connectivity index (χ1n) is 9.61. The van der Waals surface area contributed by atoms with Crippen molar-refractivity contribution in [1.82, 2.24) is 9.97 Å². The number of nitrogens with one attached hydrogen (secondary N) is 1. The van der Waals surface area contributed by atoms with Gasteiger partial charge >= 0.3 is 0 Å². The van der Waals surface area contributed by atoms with Crippen molar-refractivity contribution in [3.05, 3.63) is 70.3 Å². The molecule has 148 valence electrons. The van der Waals surface area contributed by atoms with Crippen molar-refractivity contribution in [2.24, 2.45) is 0 Å². The van der Waals surface area contributed by atoms with Gasteiger partial charge in [-0.05, 0) is 49.4 Å². The molecule has 0 unspecified atom stereocenters. The fraction of sp³-hybridized carbons (Fsp3) is 0.0952. The van der Waals surface area contributed by atoms with Gasteiger partial charge in [-0.15, -0.1) is 0 Å². The normalized spacial score (nSPS) is 11.6. The monoisotopic (exact) mass is 434 g/mol. The van der Waals surface area contributed by atoms with Crippen LogP contribution in [0.1, 0.15) is 5.69 Å². The number of benzene rings is 2. The molecule has 0 spiro atoms. The number of aromatic amines is 1. The maximum absolute atomic E-state index is 6.42. The highest BCUT2D eigenvalue weighted by molar-refractivity contribution is 6.58. The Morgan fingerprint density at radius 3 is 2.27 bits per heavy atom. The van der Waals surface area contributed by atoms with E-state index in [2.05, 4.69) is 4.98 Å². The van der Waals surface area contributed by atoms with Crippen LogP contribution in [0.2, 0.25) is 10.0 Å². The Hall–Kier alpha value is -2.50. The SMILES string of the molecule is BC(B)(B)Oc1ccc(-c2ccc(-c3nc(-c4ccc(Cl)cc4)c(C)[nH]3)o2)cc1Cl. The number of furan rings is 1. The lowest BCUT2D eigenvalue weighted by molar-refractivity contribution is 0.318. The lowest BCUT2D eigenvalue weighted by atomic mass is 9.52. The number of H-pyrrole nitrogens is 1. The predicted molar refractivity (Wildman–Crippen MR) is 131 cm³/mol. The van der Waals surface area contributed by atoms with Crippen LogP contribution in [0, 0.1) is 6.92 Å². The molecular formula is C21H19B3Cl2N2O2. The maximum atomic E-state index is 6.42. The number of rotatable bonds is 5. The molecule has 2 aromatic carbocycles. The molecule has 0 radical (unpaired) electrons. The summed E-state index contributed by atoms with van der Waals surface area (Å²) < 4.78 is 11.9. The fourth-order valence-corrected chi connectivity index (χ4v) is 3.50. The molecule has 2 heterocycles. The summed E-state index contributed by atoms with van der Waals surface area (Å²) in [4.78, 5) is 8.02. The van der Waals surface area contributed by atoms with E-state index in [1.165, 1.54) is 0 Å². The van der Waals surface area contributed by atoms with Gasteiger partial charge in [0, 0.05) is 27.1 Å². The number of hydrogen-bond donors (Lipinski definition) is 1. The van der Waals surface area contributed by atoms with Crippen LogP contribution in [0.25, 0.3) is 34.2 Å². The number of halogens is 2. The Balaban J connectivity index is 1.61. The highest BCUT2D eigenvalue weighted by Crippen LogP contribution is 2.34. The molecule has 0 bridgehead atoms. The van der Waals surface area contributed by atoms with Crippen LogP contribution in [0.4, 0.5) is 0 Å². The third-order valence-electron chi connectivity index (χ3n) is 4.47. The molecule has 4 nitrogen and oxygen atoms in total. The highest BCUT2D eigenvalue weighted by Gasteiger charge is 2.17. The van der Waals surface area contributed by atoms with Crippen LogP contribution in [0.3, 0.4) is 0 Å². The van der Waals surface area contributed by atoms with Crippen molar-refractivity contribution in [2.75, 3.05) is 0 Å². The topological polar surface area (TPSA) is 51.0 Å². The second kappa shape index (κ2) is 7.97. The third-order valence-corrected chi connectivity index (χ3v) is 5.02. The molecule has 30 heavy (non-hydrogen) atoms. The molecule has 0 aliphatic rings. The second-order valence-corrected chi connectivity index (χ2v) is 8.93. The van der Waals surface area contributed by atoms with E-state index in [1.807, 2.05) is 85.1 Å². The Bertz CT molecular complexity index is 1200. The third kappa shape index (κ3) is 4.47. The first-order valence-corrected chi connectivity index (χ1v) is 10.4. The van der Waals surface area contributed by atoms with Crippen LogP contribution >= 0.6 is 23.2 Å². The van der Waals surface area contributed by atoms with E-state index in [4.69, 9.17) is 37.3 Å². The van der Waals surface area contributed by atoms with Gasteiger partial charge in [-0.2, -0.15) is 0 Å². The molecule has 2 aromatic heterocycles. The van der Waals surface area contributed by atoms with Crippen LogP contribution in [0.15, 0.2) is 59.0 Å². The fourth-order valence-electron chi connectivity index (χ4n) is 3.15. The first-order chi connectivity index (χ1) is 14.2. The minimum absolute atomic E-state index is 0.318. The molecule has 0 saturated heterocycles. The molecule has 0 atom stereocenters. The highest BCUT2D eigenvalue weighted by atomic mass is 35.5. The molecule has 1 N–H and O–H groups in total. The zero-order chi connectivity index (χ0) is 21.5. The summed E-state index contributed by atoms with van der Waals surface area (Å²) >= 11 is 12.4. The van der Waals surface area contributed by atoms with E-state index < -0.39 is 0 Å². The van der Waals surface area contributed by atoms with Crippen molar-refractivity contribution in [1.29, 1.82) is 0 Å². The van der Waals surface area contributed by atoms with E-state index in [1.54, 1.807) is 0 Å². The van der Waals surface area contributed by atoms with E-state index in [-0.39, 0.29) is 5.30 Å².